The van der Waals surface area contributed by atoms with E-state index in [1.165, 1.54) is 18.3 Å². The topological polar surface area (TPSA) is 199 Å². The summed E-state index contributed by atoms with van der Waals surface area (Å²) in [6.45, 7) is 1.15. The van der Waals surface area contributed by atoms with Gasteiger partial charge in [0, 0.05) is 20.9 Å². The Morgan fingerprint density at radius 2 is 1.89 bits per heavy atom. The number of aliphatic hydroxyl groups excluding tert-OH is 2. The van der Waals surface area contributed by atoms with Gasteiger partial charge in [0.2, 0.25) is 5.76 Å². The molecule has 11 nitrogen and oxygen atoms in total. The summed E-state index contributed by atoms with van der Waals surface area (Å²) in [5.41, 5.74) is 0.238. The Bertz CT molecular complexity index is 1350. The number of carbonyl (C=O) groups excluding carboxylic acids is 4. The zero-order valence-corrected chi connectivity index (χ0v) is 18.5. The predicted octanol–water partition coefficient (Wildman–Crippen LogP) is 2.32. The molecule has 1 aromatic heterocycles. The average Bonchev–Trinajstić information content (AvgIpc) is 3.30. The fraction of sp³-hybridized carbons (Fsp3) is 0.292. The molecule has 5 rings (SSSR count). The van der Waals surface area contributed by atoms with Gasteiger partial charge in [0.1, 0.15) is 17.3 Å². The Labute approximate surface area is 201 Å². The van der Waals surface area contributed by atoms with Gasteiger partial charge in [-0.25, -0.2) is 0 Å². The smallest absolute Gasteiger partial charge is 0.294 e. The number of aromatic nitrogens is 1. The number of Topliss-reactive ketones (excluding diaryl/α,β-unsaturated/α-hetero) is 3. The van der Waals surface area contributed by atoms with Crippen molar-refractivity contribution in [2.75, 3.05) is 5.32 Å². The van der Waals surface area contributed by atoms with E-state index in [1.807, 2.05) is 0 Å². The molecule has 0 spiro atoms. The summed E-state index contributed by atoms with van der Waals surface area (Å²) < 4.78 is 4.80. The molecule has 0 bridgehead atoms. The van der Waals surface area contributed by atoms with Crippen LogP contribution in [0.25, 0.3) is 5.76 Å². The van der Waals surface area contributed by atoms with Gasteiger partial charge in [0.05, 0.1) is 28.9 Å². The molecule has 186 valence electrons. The maximum absolute atomic E-state index is 13.4. The maximum atomic E-state index is 13.4. The second-order valence-corrected chi connectivity index (χ2v) is 8.77. The number of hydrogen-bond acceptors (Lipinski definition) is 9. The van der Waals surface area contributed by atoms with Crippen molar-refractivity contribution in [3.05, 3.63) is 58.2 Å². The Hall–Kier alpha value is -4.25. The average molecular weight is 486 g/mol. The van der Waals surface area contributed by atoms with Crippen LogP contribution in [-0.2, 0) is 20.8 Å². The lowest BCUT2D eigenvalue weighted by atomic mass is 9.61. The summed E-state index contributed by atoms with van der Waals surface area (Å²) in [7, 11) is 0. The molecule has 11 heteroatoms. The fourth-order valence-electron chi connectivity index (χ4n) is 5.35. The van der Waals surface area contributed by atoms with Crippen LogP contribution in [0.4, 0.5) is 5.69 Å². The number of carbonyl (C=O) groups is 4. The Kier molecular flexibility index (Phi) is 5.81. The second kappa shape index (κ2) is 8.51. The van der Waals surface area contributed by atoms with Crippen molar-refractivity contribution in [2.24, 2.45) is 17.8 Å². The summed E-state index contributed by atoms with van der Waals surface area (Å²) in [5.74, 6) is -5.87. The van der Waals surface area contributed by atoms with Gasteiger partial charge in [0.25, 0.3) is 5.91 Å². The summed E-state index contributed by atoms with van der Waals surface area (Å²) >= 11 is 0. The lowest BCUT2D eigenvalue weighted by Crippen LogP contribution is -2.43. The second-order valence-electron chi connectivity index (χ2n) is 8.77. The summed E-state index contributed by atoms with van der Waals surface area (Å²) in [5, 5.41) is 38.5. The van der Waals surface area contributed by atoms with Crippen molar-refractivity contribution >= 4 is 34.7 Å². The first-order valence-corrected chi connectivity index (χ1v) is 10.7. The number of hydrogen-bond donors (Lipinski definition) is 4. The van der Waals surface area contributed by atoms with Gasteiger partial charge < -0.3 is 30.6 Å². The highest BCUT2D eigenvalue weighted by molar-refractivity contribution is 6.22. The van der Waals surface area contributed by atoms with Crippen LogP contribution in [-0.4, -0.2) is 49.2 Å². The van der Waals surface area contributed by atoms with E-state index in [4.69, 9.17) is 4.52 Å². The molecule has 1 saturated carbocycles. The Morgan fingerprint density at radius 1 is 1.14 bits per heavy atom. The third-order valence-corrected chi connectivity index (χ3v) is 6.78. The molecule has 0 radical (unpaired) electrons. The van der Waals surface area contributed by atoms with E-state index in [2.05, 4.69) is 10.5 Å². The molecule has 1 heterocycles. The van der Waals surface area contributed by atoms with E-state index in [0.717, 1.165) is 6.92 Å². The quantitative estimate of drug-likeness (QED) is 0.371. The van der Waals surface area contributed by atoms with Gasteiger partial charge in [0.15, 0.2) is 17.3 Å². The van der Waals surface area contributed by atoms with E-state index >= 15 is 0 Å². The first kappa shape index (κ1) is 23.9. The number of aromatic hydroxyl groups is 1. The SMILES string of the molecule is CC(=O)C1=C(O)C2C(=O)C3=C(O)c4c(ccc(NC(=O)c5ccno5)c4O)CC3CC2CC1=O.O.[HH].[HH]. The molecule has 0 aliphatic heterocycles. The van der Waals surface area contributed by atoms with Crippen molar-refractivity contribution in [1.29, 1.82) is 0 Å². The van der Waals surface area contributed by atoms with Crippen molar-refractivity contribution in [1.82, 2.24) is 5.16 Å². The van der Waals surface area contributed by atoms with Gasteiger partial charge in [-0.15, -0.1) is 0 Å². The number of phenolic OH excluding ortho intramolecular Hbond substituents is 1. The normalized spacial score (nSPS) is 23.2. The molecule has 1 aromatic carbocycles. The van der Waals surface area contributed by atoms with Gasteiger partial charge >= 0.3 is 0 Å². The molecule has 2 aromatic rings. The Morgan fingerprint density at radius 3 is 2.54 bits per heavy atom. The number of benzene rings is 1. The van der Waals surface area contributed by atoms with Crippen LogP contribution in [0.15, 0.2) is 45.8 Å². The first-order valence-electron chi connectivity index (χ1n) is 10.7. The number of amides is 1. The van der Waals surface area contributed by atoms with Crippen LogP contribution in [0.5, 0.6) is 5.75 Å². The summed E-state index contributed by atoms with van der Waals surface area (Å²) in [4.78, 5) is 50.0. The molecule has 3 aliphatic rings. The van der Waals surface area contributed by atoms with E-state index in [0.29, 0.717) is 18.4 Å². The number of phenols is 1. The van der Waals surface area contributed by atoms with Gasteiger partial charge in [-0.2, -0.15) is 0 Å². The summed E-state index contributed by atoms with van der Waals surface area (Å²) in [6, 6.07) is 4.45. The molecular weight excluding hydrogens is 460 g/mol. The highest BCUT2D eigenvalue weighted by Gasteiger charge is 2.50. The number of aliphatic hydroxyl groups is 2. The zero-order chi connectivity index (χ0) is 24.3. The molecule has 6 N–H and O–H groups in total. The number of allylic oxidation sites excluding steroid dienone is 3. The van der Waals surface area contributed by atoms with Crippen LogP contribution in [0, 0.1) is 17.8 Å². The van der Waals surface area contributed by atoms with Crippen molar-refractivity contribution < 1.29 is 47.4 Å². The molecule has 0 saturated heterocycles. The fourth-order valence-corrected chi connectivity index (χ4v) is 5.35. The van der Waals surface area contributed by atoms with Crippen LogP contribution in [0.1, 0.15) is 44.3 Å². The minimum atomic E-state index is -1.11. The van der Waals surface area contributed by atoms with E-state index in [1.54, 1.807) is 6.07 Å². The molecule has 3 atom stereocenters. The third-order valence-electron chi connectivity index (χ3n) is 6.78. The first-order chi connectivity index (χ1) is 16.2. The highest BCUT2D eigenvalue weighted by Crippen LogP contribution is 2.51. The maximum Gasteiger partial charge on any atom is 0.294 e. The van der Waals surface area contributed by atoms with Gasteiger partial charge in [-0.1, -0.05) is 11.2 Å². The van der Waals surface area contributed by atoms with Crippen LogP contribution in [0.2, 0.25) is 0 Å². The van der Waals surface area contributed by atoms with E-state index in [-0.39, 0.29) is 42.9 Å². The van der Waals surface area contributed by atoms with Gasteiger partial charge in [-0.05, 0) is 43.2 Å². The van der Waals surface area contributed by atoms with Gasteiger partial charge in [-0.3, -0.25) is 19.2 Å². The number of nitrogens with zero attached hydrogens (tertiary/aromatic N) is 1. The zero-order valence-electron chi connectivity index (χ0n) is 18.5. The van der Waals surface area contributed by atoms with Crippen molar-refractivity contribution in [3.63, 3.8) is 0 Å². The number of anilines is 1. The van der Waals surface area contributed by atoms with Crippen LogP contribution < -0.4 is 5.32 Å². The van der Waals surface area contributed by atoms with Crippen LogP contribution >= 0.6 is 0 Å². The van der Waals surface area contributed by atoms with Crippen LogP contribution in [0.3, 0.4) is 0 Å². The molecule has 1 amide bonds. The largest absolute Gasteiger partial charge is 0.511 e. The molecule has 35 heavy (non-hydrogen) atoms. The van der Waals surface area contributed by atoms with E-state index < -0.39 is 58.3 Å². The van der Waals surface area contributed by atoms with Crippen molar-refractivity contribution in [2.45, 2.75) is 26.2 Å². The molecule has 3 aliphatic carbocycles. The molecule has 3 unspecified atom stereocenters. The van der Waals surface area contributed by atoms with E-state index in [9.17, 15) is 34.5 Å². The number of fused-ring (bicyclic) bond motifs is 3. The number of nitrogens with one attached hydrogen (secondary N) is 1. The highest BCUT2D eigenvalue weighted by atomic mass is 16.5. The monoisotopic (exact) mass is 486 g/mol. The minimum Gasteiger partial charge on any atom is -0.511 e. The lowest BCUT2D eigenvalue weighted by molar-refractivity contribution is -0.127. The Balaban J connectivity index is 0.00000160. The van der Waals surface area contributed by atoms with Crippen molar-refractivity contribution in [3.8, 4) is 5.75 Å². The summed E-state index contributed by atoms with van der Waals surface area (Å²) in [6.07, 6.45) is 1.91. The lowest BCUT2D eigenvalue weighted by Gasteiger charge is -2.41. The number of ketones is 3. The molecule has 1 fully saturated rings. The predicted molar refractivity (Wildman–Crippen MR) is 124 cm³/mol. The minimum absolute atomic E-state index is 0. The third kappa shape index (κ3) is 3.60. The standard InChI is InChI=1S/C24H20N2O8.H2O.2H2/c1-9(27)16-14(28)8-12-7-11-6-10-2-3-13(26-24(33)15-4-5-25-34-15)20(29)17(10)22(31)18(11)23(32)19(12)21(16)30;;;/h2-5,11-12,19,29-31H,6-8H2,1H3,(H,26,33);1H2;2*1H. The number of rotatable bonds is 3. The molecular formula is C24H26N2O9.